The molecule has 0 radical (unpaired) electrons. The number of hydrogen-bond donors (Lipinski definition) is 1. The molecule has 0 aliphatic carbocycles. The van der Waals surface area contributed by atoms with Crippen molar-refractivity contribution < 1.29 is 4.42 Å². The maximum atomic E-state index is 6.02. The largest absolute Gasteiger partial charge is 0.474 e. The van der Waals surface area contributed by atoms with E-state index < -0.39 is 8.07 Å². The monoisotopic (exact) mass is 396 g/mol. The summed E-state index contributed by atoms with van der Waals surface area (Å²) in [5, 5.41) is 2.00. The molecule has 0 aliphatic rings. The zero-order valence-electron chi connectivity index (χ0n) is 18.0. The van der Waals surface area contributed by atoms with Crippen molar-refractivity contribution in [1.82, 2.24) is 0 Å². The molecular weight excluding hydrogens is 352 g/mol. The van der Waals surface area contributed by atoms with Crippen LogP contribution in [0.25, 0.3) is 0 Å². The van der Waals surface area contributed by atoms with Gasteiger partial charge in [0.1, 0.15) is 8.07 Å². The standard InChI is InChI=1S/C23H44OSSi/c1-5-9-10-11-12-13-17-22(25)18-15-14-16-21-19-20-24-23(21)26(6-2,7-3)8-4/h19-20,22,25H,5-18H2,1-4H3. The van der Waals surface area contributed by atoms with E-state index in [0.717, 1.165) is 0 Å². The van der Waals surface area contributed by atoms with E-state index in [2.05, 4.69) is 33.8 Å². The van der Waals surface area contributed by atoms with Crippen LogP contribution in [-0.2, 0) is 6.42 Å². The molecule has 152 valence electrons. The van der Waals surface area contributed by atoms with Crippen LogP contribution >= 0.6 is 12.6 Å². The summed E-state index contributed by atoms with van der Waals surface area (Å²) in [5.74, 6) is 0. The maximum absolute atomic E-state index is 6.02. The molecule has 1 nitrogen and oxygen atoms in total. The van der Waals surface area contributed by atoms with Crippen molar-refractivity contribution in [3.05, 3.63) is 17.9 Å². The number of unbranched alkanes of at least 4 members (excludes halogenated alkanes) is 6. The van der Waals surface area contributed by atoms with Gasteiger partial charge >= 0.3 is 0 Å². The van der Waals surface area contributed by atoms with E-state index in [0.29, 0.717) is 5.25 Å². The molecule has 0 spiro atoms. The Balaban J connectivity index is 2.27. The summed E-state index contributed by atoms with van der Waals surface area (Å²) in [4.78, 5) is 0. The van der Waals surface area contributed by atoms with Crippen molar-refractivity contribution in [2.24, 2.45) is 0 Å². The third-order valence-electron chi connectivity index (χ3n) is 6.38. The van der Waals surface area contributed by atoms with Gasteiger partial charge in [-0.15, -0.1) is 0 Å². The molecular formula is C23H44OSSi. The second-order valence-electron chi connectivity index (χ2n) is 8.07. The first kappa shape index (κ1) is 23.9. The second-order valence-corrected chi connectivity index (χ2v) is 13.9. The summed E-state index contributed by atoms with van der Waals surface area (Å²) in [7, 11) is -1.38. The van der Waals surface area contributed by atoms with Gasteiger partial charge in [-0.1, -0.05) is 90.8 Å². The first-order valence-corrected chi connectivity index (χ1v) is 14.5. The van der Waals surface area contributed by atoms with Gasteiger partial charge in [-0.25, -0.2) is 0 Å². The molecule has 0 saturated carbocycles. The summed E-state index contributed by atoms with van der Waals surface area (Å²) in [6.07, 6.45) is 16.6. The Morgan fingerprint density at radius 1 is 0.846 bits per heavy atom. The number of aryl methyl sites for hydroxylation is 1. The van der Waals surface area contributed by atoms with E-state index in [4.69, 9.17) is 17.0 Å². The fourth-order valence-corrected chi connectivity index (χ4v) is 8.27. The van der Waals surface area contributed by atoms with E-state index in [9.17, 15) is 0 Å². The van der Waals surface area contributed by atoms with Gasteiger partial charge in [0.25, 0.3) is 0 Å². The highest BCUT2D eigenvalue weighted by atomic mass is 32.1. The van der Waals surface area contributed by atoms with E-state index in [1.54, 1.807) is 0 Å². The number of furan rings is 1. The lowest BCUT2D eigenvalue weighted by molar-refractivity contribution is 0.558. The maximum Gasteiger partial charge on any atom is 0.131 e. The average molecular weight is 397 g/mol. The number of rotatable bonds is 16. The van der Waals surface area contributed by atoms with Crippen molar-refractivity contribution in [3.63, 3.8) is 0 Å². The second kappa shape index (κ2) is 13.9. The molecule has 1 atom stereocenters. The minimum Gasteiger partial charge on any atom is -0.474 e. The van der Waals surface area contributed by atoms with Crippen molar-refractivity contribution in [1.29, 1.82) is 0 Å². The van der Waals surface area contributed by atoms with Crippen LogP contribution in [0, 0.1) is 0 Å². The lowest BCUT2D eigenvalue weighted by Crippen LogP contribution is -2.46. The average Bonchev–Trinajstić information content (AvgIpc) is 3.13. The van der Waals surface area contributed by atoms with Gasteiger partial charge in [0.15, 0.2) is 0 Å². The van der Waals surface area contributed by atoms with E-state index in [1.165, 1.54) is 99.7 Å². The highest BCUT2D eigenvalue weighted by Crippen LogP contribution is 2.24. The number of hydrogen-bond acceptors (Lipinski definition) is 2. The zero-order chi connectivity index (χ0) is 19.3. The molecule has 3 heteroatoms. The van der Waals surface area contributed by atoms with Gasteiger partial charge in [-0.2, -0.15) is 12.6 Å². The predicted octanol–water partition coefficient (Wildman–Crippen LogP) is 7.76. The van der Waals surface area contributed by atoms with E-state index in [1.807, 2.05) is 6.26 Å². The Labute approximate surface area is 170 Å². The molecule has 0 saturated heterocycles. The Morgan fingerprint density at radius 2 is 1.42 bits per heavy atom. The molecule has 0 bridgehead atoms. The van der Waals surface area contributed by atoms with Crippen molar-refractivity contribution >= 4 is 26.1 Å². The summed E-state index contributed by atoms with van der Waals surface area (Å²) in [6.45, 7) is 9.36. The molecule has 1 aromatic rings. The molecule has 1 unspecified atom stereocenters. The van der Waals surface area contributed by atoms with Crippen molar-refractivity contribution in [2.45, 2.75) is 122 Å². The van der Waals surface area contributed by atoms with Gasteiger partial charge in [-0.3, -0.25) is 0 Å². The van der Waals surface area contributed by atoms with Gasteiger partial charge in [0.2, 0.25) is 0 Å². The molecule has 1 aromatic heterocycles. The van der Waals surface area contributed by atoms with E-state index in [-0.39, 0.29) is 0 Å². The molecule has 0 fully saturated rings. The Kier molecular flexibility index (Phi) is 12.8. The van der Waals surface area contributed by atoms with Gasteiger partial charge in [0.05, 0.1) is 11.6 Å². The molecule has 0 aliphatic heterocycles. The van der Waals surface area contributed by atoms with Crippen LogP contribution in [0.5, 0.6) is 0 Å². The third kappa shape index (κ3) is 7.84. The predicted molar refractivity (Wildman–Crippen MR) is 124 cm³/mol. The molecule has 1 rings (SSSR count). The van der Waals surface area contributed by atoms with Crippen LogP contribution in [0.2, 0.25) is 18.1 Å². The minimum atomic E-state index is -1.38. The molecule has 0 aromatic carbocycles. The van der Waals surface area contributed by atoms with Crippen LogP contribution in [0.3, 0.4) is 0 Å². The molecule has 0 amide bonds. The first-order chi connectivity index (χ1) is 12.6. The summed E-state index contributed by atoms with van der Waals surface area (Å²) >= 11 is 4.82. The highest BCUT2D eigenvalue weighted by molar-refractivity contribution is 7.80. The topological polar surface area (TPSA) is 13.1 Å². The third-order valence-corrected chi connectivity index (χ3v) is 12.4. The fraction of sp³-hybridized carbons (Fsp3) is 0.826. The molecule has 1 heterocycles. The van der Waals surface area contributed by atoms with Gasteiger partial charge in [-0.05, 0) is 37.3 Å². The van der Waals surface area contributed by atoms with Gasteiger partial charge < -0.3 is 4.42 Å². The highest BCUT2D eigenvalue weighted by Gasteiger charge is 2.34. The smallest absolute Gasteiger partial charge is 0.131 e. The SMILES string of the molecule is CCCCCCCCC(S)CCCCc1ccoc1[Si](CC)(CC)CC. The normalized spacial score (nSPS) is 13.3. The lowest BCUT2D eigenvalue weighted by Gasteiger charge is -2.26. The Morgan fingerprint density at radius 3 is 2.04 bits per heavy atom. The van der Waals surface area contributed by atoms with Crippen LogP contribution in [0.1, 0.15) is 97.5 Å². The lowest BCUT2D eigenvalue weighted by atomic mass is 10.0. The van der Waals surface area contributed by atoms with Crippen LogP contribution in [0.15, 0.2) is 16.7 Å². The van der Waals surface area contributed by atoms with E-state index >= 15 is 0 Å². The first-order valence-electron chi connectivity index (χ1n) is 11.4. The fourth-order valence-electron chi connectivity index (χ4n) is 4.23. The van der Waals surface area contributed by atoms with Gasteiger partial charge in [0, 0.05) is 5.25 Å². The summed E-state index contributed by atoms with van der Waals surface area (Å²) in [5.41, 5.74) is 1.51. The van der Waals surface area contributed by atoms with Crippen LogP contribution in [0.4, 0.5) is 0 Å². The number of thiol groups is 1. The molecule has 0 N–H and O–H groups in total. The van der Waals surface area contributed by atoms with Crippen molar-refractivity contribution in [3.8, 4) is 0 Å². The Bertz CT molecular complexity index is 445. The summed E-state index contributed by atoms with van der Waals surface area (Å²) < 4.78 is 6.02. The van der Waals surface area contributed by atoms with Crippen LogP contribution in [-0.4, -0.2) is 13.3 Å². The Hall–Kier alpha value is -0.153. The van der Waals surface area contributed by atoms with Crippen LogP contribution < -0.4 is 5.38 Å². The van der Waals surface area contributed by atoms with Crippen molar-refractivity contribution in [2.75, 3.05) is 0 Å². The zero-order valence-corrected chi connectivity index (χ0v) is 19.9. The molecule has 26 heavy (non-hydrogen) atoms. The summed E-state index contributed by atoms with van der Waals surface area (Å²) in [6, 6.07) is 6.15. The minimum absolute atomic E-state index is 0.598. The quantitative estimate of drug-likeness (QED) is 0.171.